The first-order chi connectivity index (χ1) is 8.99. The summed E-state index contributed by atoms with van der Waals surface area (Å²) in [7, 11) is 0. The number of non-ortho nitro benzene ring substituents is 1. The van der Waals surface area contributed by atoms with Crippen LogP contribution in [0.5, 0.6) is 0 Å². The van der Waals surface area contributed by atoms with Gasteiger partial charge in [0.25, 0.3) is 5.69 Å². The molecule has 0 fully saturated rings. The molecule has 0 aliphatic heterocycles. The molecule has 1 aromatic rings. The molecule has 0 amide bonds. The topological polar surface area (TPSA) is 72.7 Å². The molecule has 0 saturated carbocycles. The van der Waals surface area contributed by atoms with E-state index in [9.17, 15) is 14.9 Å². The van der Waals surface area contributed by atoms with Gasteiger partial charge in [0.15, 0.2) is 0 Å². The number of aryl methyl sites for hydroxylation is 1. The third-order valence-electron chi connectivity index (χ3n) is 2.75. The van der Waals surface area contributed by atoms with Crippen molar-refractivity contribution in [1.82, 2.24) is 0 Å². The third-order valence-corrected chi connectivity index (χ3v) is 2.75. The van der Waals surface area contributed by atoms with Crippen molar-refractivity contribution >= 4 is 17.3 Å². The Labute approximate surface area is 112 Å². The Morgan fingerprint density at radius 2 is 2.11 bits per heavy atom. The lowest BCUT2D eigenvalue weighted by molar-refractivity contribution is -0.384. The van der Waals surface area contributed by atoms with E-state index in [1.54, 1.807) is 17.9 Å². The maximum Gasteiger partial charge on any atom is 0.325 e. The summed E-state index contributed by atoms with van der Waals surface area (Å²) in [6.07, 6.45) is 0. The van der Waals surface area contributed by atoms with E-state index in [0.29, 0.717) is 18.8 Å². The summed E-state index contributed by atoms with van der Waals surface area (Å²) in [5.41, 5.74) is 1.59. The lowest BCUT2D eigenvalue weighted by Gasteiger charge is -2.23. The number of ether oxygens (including phenoxy) is 1. The van der Waals surface area contributed by atoms with Crippen LogP contribution in [0.25, 0.3) is 0 Å². The van der Waals surface area contributed by atoms with Gasteiger partial charge in [0.2, 0.25) is 0 Å². The van der Waals surface area contributed by atoms with Gasteiger partial charge in [-0.2, -0.15) is 0 Å². The van der Waals surface area contributed by atoms with Crippen LogP contribution < -0.4 is 4.90 Å². The maximum atomic E-state index is 11.5. The van der Waals surface area contributed by atoms with Crippen LogP contribution in [-0.4, -0.2) is 30.6 Å². The second kappa shape index (κ2) is 6.72. The summed E-state index contributed by atoms with van der Waals surface area (Å²) in [5, 5.41) is 10.8. The fourth-order valence-electron chi connectivity index (χ4n) is 1.78. The summed E-state index contributed by atoms with van der Waals surface area (Å²) < 4.78 is 4.90. The molecule has 1 aromatic carbocycles. The molecular formula is C13H18N2O4. The number of rotatable bonds is 6. The van der Waals surface area contributed by atoms with Crippen LogP contribution in [0.4, 0.5) is 11.4 Å². The molecule has 0 spiro atoms. The van der Waals surface area contributed by atoms with Gasteiger partial charge in [-0.3, -0.25) is 14.9 Å². The first-order valence-corrected chi connectivity index (χ1v) is 6.15. The standard InChI is InChI=1S/C13H18N2O4/c1-4-14(9-13(16)19-5-2)12-8-11(15(17)18)7-6-10(12)3/h6-8H,4-5,9H2,1-3H3. The second-order valence-electron chi connectivity index (χ2n) is 4.05. The smallest absolute Gasteiger partial charge is 0.325 e. The van der Waals surface area contributed by atoms with Crippen molar-refractivity contribution in [1.29, 1.82) is 0 Å². The van der Waals surface area contributed by atoms with Crippen molar-refractivity contribution in [3.8, 4) is 0 Å². The lowest BCUT2D eigenvalue weighted by Crippen LogP contribution is -2.31. The molecule has 19 heavy (non-hydrogen) atoms. The first-order valence-electron chi connectivity index (χ1n) is 6.15. The Morgan fingerprint density at radius 1 is 1.42 bits per heavy atom. The summed E-state index contributed by atoms with van der Waals surface area (Å²) in [6.45, 7) is 6.47. The molecule has 0 aromatic heterocycles. The zero-order valence-corrected chi connectivity index (χ0v) is 11.4. The van der Waals surface area contributed by atoms with E-state index in [0.717, 1.165) is 5.56 Å². The van der Waals surface area contributed by atoms with E-state index in [4.69, 9.17) is 4.74 Å². The molecule has 6 nitrogen and oxygen atoms in total. The molecule has 104 valence electrons. The van der Waals surface area contributed by atoms with Gasteiger partial charge < -0.3 is 9.64 Å². The van der Waals surface area contributed by atoms with Crippen molar-refractivity contribution in [3.05, 3.63) is 33.9 Å². The van der Waals surface area contributed by atoms with E-state index in [1.165, 1.54) is 12.1 Å². The Bertz CT molecular complexity index is 474. The molecule has 0 aliphatic carbocycles. The SMILES string of the molecule is CCOC(=O)CN(CC)c1cc([N+](=O)[O-])ccc1C. The Hall–Kier alpha value is -2.11. The number of hydrogen-bond donors (Lipinski definition) is 0. The lowest BCUT2D eigenvalue weighted by atomic mass is 10.1. The molecule has 0 saturated heterocycles. The molecule has 0 unspecified atom stereocenters. The number of likely N-dealkylation sites (N-methyl/N-ethyl adjacent to an activating group) is 1. The zero-order valence-electron chi connectivity index (χ0n) is 11.4. The second-order valence-corrected chi connectivity index (χ2v) is 4.05. The predicted molar refractivity (Wildman–Crippen MR) is 72.4 cm³/mol. The quantitative estimate of drug-likeness (QED) is 0.448. The molecule has 0 N–H and O–H groups in total. The highest BCUT2D eigenvalue weighted by atomic mass is 16.6. The largest absolute Gasteiger partial charge is 0.465 e. The van der Waals surface area contributed by atoms with Crippen molar-refractivity contribution in [2.24, 2.45) is 0 Å². The Morgan fingerprint density at radius 3 is 2.63 bits per heavy atom. The number of nitro groups is 1. The molecule has 6 heteroatoms. The van der Waals surface area contributed by atoms with Crippen molar-refractivity contribution in [2.75, 3.05) is 24.6 Å². The number of hydrogen-bond acceptors (Lipinski definition) is 5. The van der Waals surface area contributed by atoms with Crippen LogP contribution in [0.1, 0.15) is 19.4 Å². The third kappa shape index (κ3) is 3.94. The maximum absolute atomic E-state index is 11.5. The molecular weight excluding hydrogens is 248 g/mol. The van der Waals surface area contributed by atoms with E-state index >= 15 is 0 Å². The average molecular weight is 266 g/mol. The van der Waals surface area contributed by atoms with Crippen molar-refractivity contribution in [2.45, 2.75) is 20.8 Å². The van der Waals surface area contributed by atoms with Gasteiger partial charge in [-0.1, -0.05) is 6.07 Å². The van der Waals surface area contributed by atoms with Crippen LogP contribution in [0.2, 0.25) is 0 Å². The number of esters is 1. The summed E-state index contributed by atoms with van der Waals surface area (Å²) in [5.74, 6) is -0.338. The first kappa shape index (κ1) is 14.9. The van der Waals surface area contributed by atoms with E-state index < -0.39 is 4.92 Å². The Kier molecular flexibility index (Phi) is 5.29. The van der Waals surface area contributed by atoms with Crippen LogP contribution in [0.15, 0.2) is 18.2 Å². The molecule has 0 bridgehead atoms. The fourth-order valence-corrected chi connectivity index (χ4v) is 1.78. The summed E-state index contributed by atoms with van der Waals surface area (Å²) >= 11 is 0. The number of benzene rings is 1. The number of anilines is 1. The summed E-state index contributed by atoms with van der Waals surface area (Å²) in [6, 6.07) is 4.62. The minimum atomic E-state index is -0.443. The van der Waals surface area contributed by atoms with Gasteiger partial charge in [-0.25, -0.2) is 0 Å². The number of nitro benzene ring substituents is 1. The number of nitrogens with zero attached hydrogens (tertiary/aromatic N) is 2. The zero-order chi connectivity index (χ0) is 14.4. The van der Waals surface area contributed by atoms with Gasteiger partial charge >= 0.3 is 5.97 Å². The minimum absolute atomic E-state index is 0.0166. The fraction of sp³-hybridized carbons (Fsp3) is 0.462. The highest BCUT2D eigenvalue weighted by Crippen LogP contribution is 2.25. The summed E-state index contributed by atoms with van der Waals surface area (Å²) in [4.78, 5) is 23.6. The molecule has 0 heterocycles. The van der Waals surface area contributed by atoms with Crippen LogP contribution in [-0.2, 0) is 9.53 Å². The highest BCUT2D eigenvalue weighted by Gasteiger charge is 2.16. The number of carbonyl (C=O) groups excluding carboxylic acids is 1. The van der Waals surface area contributed by atoms with Crippen molar-refractivity contribution in [3.63, 3.8) is 0 Å². The average Bonchev–Trinajstić information content (AvgIpc) is 2.37. The predicted octanol–water partition coefficient (Wildman–Crippen LogP) is 2.29. The van der Waals surface area contributed by atoms with Gasteiger partial charge in [-0.15, -0.1) is 0 Å². The van der Waals surface area contributed by atoms with Crippen molar-refractivity contribution < 1.29 is 14.5 Å². The molecule has 0 atom stereocenters. The molecule has 1 rings (SSSR count). The molecule has 0 aliphatic rings. The van der Waals surface area contributed by atoms with Crippen LogP contribution in [0.3, 0.4) is 0 Å². The normalized spacial score (nSPS) is 10.1. The van der Waals surface area contributed by atoms with E-state index in [-0.39, 0.29) is 18.2 Å². The van der Waals surface area contributed by atoms with Gasteiger partial charge in [0.05, 0.1) is 11.5 Å². The van der Waals surface area contributed by atoms with E-state index in [1.807, 2.05) is 13.8 Å². The van der Waals surface area contributed by atoms with Gasteiger partial charge in [0, 0.05) is 24.4 Å². The monoisotopic (exact) mass is 266 g/mol. The van der Waals surface area contributed by atoms with E-state index in [2.05, 4.69) is 0 Å². The molecule has 0 radical (unpaired) electrons. The highest BCUT2D eigenvalue weighted by molar-refractivity contribution is 5.76. The number of carbonyl (C=O) groups is 1. The van der Waals surface area contributed by atoms with Gasteiger partial charge in [-0.05, 0) is 26.3 Å². The van der Waals surface area contributed by atoms with Crippen LogP contribution >= 0.6 is 0 Å². The van der Waals surface area contributed by atoms with Gasteiger partial charge in [0.1, 0.15) is 6.54 Å². The Balaban J connectivity index is 3.00. The van der Waals surface area contributed by atoms with Crippen LogP contribution in [0, 0.1) is 17.0 Å². The minimum Gasteiger partial charge on any atom is -0.465 e.